The SMILES string of the molecule is COC(=O)[C@@H](Cc1ccc(F)cc1)NC(=O)C1CCCCC1. The minimum atomic E-state index is -0.732. The maximum Gasteiger partial charge on any atom is 0.328 e. The van der Waals surface area contributed by atoms with Crippen molar-refractivity contribution in [3.8, 4) is 0 Å². The number of benzene rings is 1. The third-order valence-electron chi connectivity index (χ3n) is 4.13. The molecular formula is C17H22FNO3. The number of methoxy groups -OCH3 is 1. The normalized spacial score (nSPS) is 16.8. The largest absolute Gasteiger partial charge is 0.467 e. The lowest BCUT2D eigenvalue weighted by Crippen LogP contribution is -2.45. The molecule has 1 saturated carbocycles. The van der Waals surface area contributed by atoms with Crippen LogP contribution in [0, 0.1) is 11.7 Å². The van der Waals surface area contributed by atoms with E-state index in [9.17, 15) is 14.0 Å². The van der Waals surface area contributed by atoms with Crippen LogP contribution in [0.15, 0.2) is 24.3 Å². The number of halogens is 1. The molecule has 1 amide bonds. The van der Waals surface area contributed by atoms with Crippen LogP contribution >= 0.6 is 0 Å². The lowest BCUT2D eigenvalue weighted by atomic mass is 9.88. The van der Waals surface area contributed by atoms with Gasteiger partial charge in [-0.15, -0.1) is 0 Å². The maximum atomic E-state index is 12.9. The van der Waals surface area contributed by atoms with Crippen LogP contribution in [0.3, 0.4) is 0 Å². The van der Waals surface area contributed by atoms with Gasteiger partial charge in [-0.1, -0.05) is 31.4 Å². The van der Waals surface area contributed by atoms with Crippen molar-refractivity contribution < 1.29 is 18.7 Å². The summed E-state index contributed by atoms with van der Waals surface area (Å²) in [5, 5.41) is 2.79. The molecule has 1 N–H and O–H groups in total. The zero-order valence-electron chi connectivity index (χ0n) is 12.8. The van der Waals surface area contributed by atoms with Crippen molar-refractivity contribution in [2.24, 2.45) is 5.92 Å². The van der Waals surface area contributed by atoms with Gasteiger partial charge in [0.2, 0.25) is 5.91 Å². The first-order chi connectivity index (χ1) is 10.6. The Morgan fingerprint density at radius 1 is 1.23 bits per heavy atom. The molecule has 1 atom stereocenters. The minimum Gasteiger partial charge on any atom is -0.467 e. The van der Waals surface area contributed by atoms with Gasteiger partial charge in [0.15, 0.2) is 0 Å². The van der Waals surface area contributed by atoms with E-state index >= 15 is 0 Å². The van der Waals surface area contributed by atoms with E-state index in [2.05, 4.69) is 5.32 Å². The highest BCUT2D eigenvalue weighted by Gasteiger charge is 2.27. The Hall–Kier alpha value is -1.91. The lowest BCUT2D eigenvalue weighted by molar-refractivity contribution is -0.145. The minimum absolute atomic E-state index is 0.0193. The van der Waals surface area contributed by atoms with E-state index in [1.807, 2.05) is 0 Å². The fourth-order valence-corrected chi connectivity index (χ4v) is 2.85. The summed E-state index contributed by atoms with van der Waals surface area (Å²) in [4.78, 5) is 24.2. The number of amides is 1. The van der Waals surface area contributed by atoms with Crippen LogP contribution in [0.1, 0.15) is 37.7 Å². The molecule has 0 aromatic heterocycles. The Kier molecular flexibility index (Phi) is 5.92. The van der Waals surface area contributed by atoms with Gasteiger partial charge in [0.25, 0.3) is 0 Å². The molecule has 4 nitrogen and oxygen atoms in total. The Balaban J connectivity index is 2.00. The highest BCUT2D eigenvalue weighted by Crippen LogP contribution is 2.23. The number of rotatable bonds is 5. The second kappa shape index (κ2) is 7.92. The van der Waals surface area contributed by atoms with Gasteiger partial charge in [0.1, 0.15) is 11.9 Å². The van der Waals surface area contributed by atoms with Crippen LogP contribution in [0.5, 0.6) is 0 Å². The number of hydrogen-bond donors (Lipinski definition) is 1. The summed E-state index contributed by atoms with van der Waals surface area (Å²) in [5.41, 5.74) is 0.778. The summed E-state index contributed by atoms with van der Waals surface area (Å²) in [6.07, 6.45) is 5.32. The van der Waals surface area contributed by atoms with Crippen molar-refractivity contribution in [1.82, 2.24) is 5.32 Å². The second-order valence-corrected chi connectivity index (χ2v) is 5.75. The Morgan fingerprint density at radius 3 is 2.45 bits per heavy atom. The van der Waals surface area contributed by atoms with Crippen molar-refractivity contribution >= 4 is 11.9 Å². The van der Waals surface area contributed by atoms with E-state index in [4.69, 9.17) is 4.74 Å². The summed E-state index contributed by atoms with van der Waals surface area (Å²) < 4.78 is 17.7. The predicted molar refractivity (Wildman–Crippen MR) is 80.6 cm³/mol. The molecule has 0 heterocycles. The molecule has 5 heteroatoms. The van der Waals surface area contributed by atoms with Gasteiger partial charge in [-0.3, -0.25) is 4.79 Å². The van der Waals surface area contributed by atoms with Gasteiger partial charge in [-0.2, -0.15) is 0 Å². The van der Waals surface area contributed by atoms with E-state index in [-0.39, 0.29) is 17.6 Å². The van der Waals surface area contributed by atoms with Crippen molar-refractivity contribution in [3.63, 3.8) is 0 Å². The fourth-order valence-electron chi connectivity index (χ4n) is 2.85. The van der Waals surface area contributed by atoms with Crippen molar-refractivity contribution in [3.05, 3.63) is 35.6 Å². The van der Waals surface area contributed by atoms with Gasteiger partial charge in [0, 0.05) is 12.3 Å². The van der Waals surface area contributed by atoms with Gasteiger partial charge in [-0.05, 0) is 30.5 Å². The van der Waals surface area contributed by atoms with Gasteiger partial charge in [0.05, 0.1) is 7.11 Å². The van der Waals surface area contributed by atoms with Crippen LogP contribution in [0.4, 0.5) is 4.39 Å². The van der Waals surface area contributed by atoms with Crippen LogP contribution in [-0.2, 0) is 20.7 Å². The number of carbonyl (C=O) groups excluding carboxylic acids is 2. The number of nitrogens with one attached hydrogen (secondary N) is 1. The zero-order chi connectivity index (χ0) is 15.9. The molecule has 0 unspecified atom stereocenters. The summed E-state index contributed by atoms with van der Waals surface area (Å²) >= 11 is 0. The van der Waals surface area contributed by atoms with Gasteiger partial charge < -0.3 is 10.1 Å². The average Bonchev–Trinajstić information content (AvgIpc) is 2.56. The van der Waals surface area contributed by atoms with Gasteiger partial charge >= 0.3 is 5.97 Å². The molecular weight excluding hydrogens is 285 g/mol. The van der Waals surface area contributed by atoms with E-state index in [1.165, 1.54) is 25.7 Å². The Morgan fingerprint density at radius 2 is 1.86 bits per heavy atom. The number of carbonyl (C=O) groups is 2. The zero-order valence-corrected chi connectivity index (χ0v) is 12.8. The highest BCUT2D eigenvalue weighted by molar-refractivity contribution is 5.86. The topological polar surface area (TPSA) is 55.4 Å². The molecule has 1 aliphatic carbocycles. The second-order valence-electron chi connectivity index (χ2n) is 5.75. The first-order valence-corrected chi connectivity index (χ1v) is 7.73. The van der Waals surface area contributed by atoms with E-state index in [0.717, 1.165) is 31.2 Å². The number of hydrogen-bond acceptors (Lipinski definition) is 3. The van der Waals surface area contributed by atoms with Gasteiger partial charge in [-0.25, -0.2) is 9.18 Å². The van der Waals surface area contributed by atoms with E-state index in [1.54, 1.807) is 12.1 Å². The van der Waals surface area contributed by atoms with Crippen LogP contribution < -0.4 is 5.32 Å². The molecule has 22 heavy (non-hydrogen) atoms. The molecule has 0 spiro atoms. The molecule has 0 saturated heterocycles. The summed E-state index contributed by atoms with van der Waals surface area (Å²) in [5.74, 6) is -0.913. The van der Waals surface area contributed by atoms with Crippen LogP contribution in [0.25, 0.3) is 0 Å². The fraction of sp³-hybridized carbons (Fsp3) is 0.529. The Bertz CT molecular complexity index is 509. The van der Waals surface area contributed by atoms with E-state index in [0.29, 0.717) is 6.42 Å². The molecule has 0 bridgehead atoms. The van der Waals surface area contributed by atoms with Crippen LogP contribution in [0.2, 0.25) is 0 Å². The molecule has 0 radical (unpaired) electrons. The highest BCUT2D eigenvalue weighted by atomic mass is 19.1. The molecule has 120 valence electrons. The van der Waals surface area contributed by atoms with Crippen molar-refractivity contribution in [1.29, 1.82) is 0 Å². The lowest BCUT2D eigenvalue weighted by Gasteiger charge is -2.24. The standard InChI is InChI=1S/C17H22FNO3/c1-22-17(21)15(11-12-7-9-14(18)10-8-12)19-16(20)13-5-3-2-4-6-13/h7-10,13,15H,2-6,11H2,1H3,(H,19,20)/t15-/m1/s1. The predicted octanol–water partition coefficient (Wildman–Crippen LogP) is 2.61. The summed E-state index contributed by atoms with van der Waals surface area (Å²) in [6, 6.07) is 5.17. The molecule has 0 aliphatic heterocycles. The number of esters is 1. The van der Waals surface area contributed by atoms with Crippen molar-refractivity contribution in [2.45, 2.75) is 44.6 Å². The first kappa shape index (κ1) is 16.5. The average molecular weight is 307 g/mol. The quantitative estimate of drug-likeness (QED) is 0.851. The monoisotopic (exact) mass is 307 g/mol. The number of ether oxygens (including phenoxy) is 1. The first-order valence-electron chi connectivity index (χ1n) is 7.73. The maximum absolute atomic E-state index is 12.9. The third kappa shape index (κ3) is 4.55. The molecule has 2 rings (SSSR count). The van der Waals surface area contributed by atoms with Crippen LogP contribution in [-0.4, -0.2) is 25.0 Å². The third-order valence-corrected chi connectivity index (χ3v) is 4.13. The van der Waals surface area contributed by atoms with Crippen molar-refractivity contribution in [2.75, 3.05) is 7.11 Å². The molecule has 1 aromatic carbocycles. The Labute approximate surface area is 130 Å². The summed E-state index contributed by atoms with van der Waals surface area (Å²) in [7, 11) is 1.30. The molecule has 1 aliphatic rings. The molecule has 1 aromatic rings. The summed E-state index contributed by atoms with van der Waals surface area (Å²) in [6.45, 7) is 0. The molecule has 1 fully saturated rings. The van der Waals surface area contributed by atoms with E-state index < -0.39 is 12.0 Å². The smallest absolute Gasteiger partial charge is 0.328 e.